The molecule has 3 nitrogen and oxygen atoms in total. The predicted molar refractivity (Wildman–Crippen MR) is 77.5 cm³/mol. The van der Waals surface area contributed by atoms with Crippen LogP contribution in [0.25, 0.3) is 0 Å². The van der Waals surface area contributed by atoms with Gasteiger partial charge < -0.3 is 15.7 Å². The lowest BCUT2D eigenvalue weighted by molar-refractivity contribution is 0.0740. The Bertz CT molecular complexity index is 241. The maximum absolute atomic E-state index is 9.32. The predicted octanol–water partition coefficient (Wildman–Crippen LogP) is 2.23. The van der Waals surface area contributed by atoms with Crippen LogP contribution in [0.5, 0.6) is 0 Å². The van der Waals surface area contributed by atoms with Crippen molar-refractivity contribution in [3.05, 3.63) is 0 Å². The van der Waals surface area contributed by atoms with E-state index in [2.05, 4.69) is 32.6 Å². The lowest BCUT2D eigenvalue weighted by Crippen LogP contribution is -2.47. The molecule has 0 aromatic heterocycles. The summed E-state index contributed by atoms with van der Waals surface area (Å²) in [7, 11) is 0. The molecule has 108 valence electrons. The first-order valence-corrected chi connectivity index (χ1v) is 7.55. The number of piperidine rings is 1. The Morgan fingerprint density at radius 3 is 2.56 bits per heavy atom. The van der Waals surface area contributed by atoms with Gasteiger partial charge in [-0.05, 0) is 51.0 Å². The zero-order valence-electron chi connectivity index (χ0n) is 12.7. The average molecular weight is 256 g/mol. The van der Waals surface area contributed by atoms with Gasteiger partial charge in [0, 0.05) is 18.1 Å². The Balaban J connectivity index is 2.38. The molecule has 3 N–H and O–H groups in total. The van der Waals surface area contributed by atoms with Crippen LogP contribution >= 0.6 is 0 Å². The molecule has 1 saturated heterocycles. The fourth-order valence-corrected chi connectivity index (χ4v) is 3.13. The first-order chi connectivity index (χ1) is 8.41. The standard InChI is InChI=1S/C15H32N2O/c1-5-15(16,11-18)7-6-8-17-10-12(2)9-13(3)14(17)4/h12-14,18H,5-11,16H2,1-4H3. The van der Waals surface area contributed by atoms with Crippen molar-refractivity contribution in [2.45, 2.75) is 65.0 Å². The quantitative estimate of drug-likeness (QED) is 0.766. The lowest BCUT2D eigenvalue weighted by atomic mass is 9.85. The van der Waals surface area contributed by atoms with Crippen LogP contribution in [-0.2, 0) is 0 Å². The van der Waals surface area contributed by atoms with Gasteiger partial charge in [0.2, 0.25) is 0 Å². The van der Waals surface area contributed by atoms with Crippen LogP contribution in [0.15, 0.2) is 0 Å². The van der Waals surface area contributed by atoms with Crippen molar-refractivity contribution in [2.75, 3.05) is 19.7 Å². The van der Waals surface area contributed by atoms with Crippen LogP contribution in [0.1, 0.15) is 53.4 Å². The Hall–Kier alpha value is -0.120. The van der Waals surface area contributed by atoms with Gasteiger partial charge in [-0.15, -0.1) is 0 Å². The maximum Gasteiger partial charge on any atom is 0.0611 e. The van der Waals surface area contributed by atoms with Crippen molar-refractivity contribution < 1.29 is 5.11 Å². The smallest absolute Gasteiger partial charge is 0.0611 e. The van der Waals surface area contributed by atoms with E-state index in [1.165, 1.54) is 13.0 Å². The van der Waals surface area contributed by atoms with Crippen LogP contribution in [0.2, 0.25) is 0 Å². The molecule has 0 aromatic carbocycles. The van der Waals surface area contributed by atoms with Gasteiger partial charge in [0.05, 0.1) is 6.61 Å². The number of likely N-dealkylation sites (tertiary alicyclic amines) is 1. The minimum absolute atomic E-state index is 0.103. The van der Waals surface area contributed by atoms with E-state index in [1.807, 2.05) is 0 Å². The van der Waals surface area contributed by atoms with Gasteiger partial charge in [-0.25, -0.2) is 0 Å². The second-order valence-corrected chi connectivity index (χ2v) is 6.53. The summed E-state index contributed by atoms with van der Waals surface area (Å²) < 4.78 is 0. The van der Waals surface area contributed by atoms with Crippen LogP contribution in [0.4, 0.5) is 0 Å². The fraction of sp³-hybridized carbons (Fsp3) is 1.00. The number of nitrogens with zero attached hydrogens (tertiary/aromatic N) is 1. The van der Waals surface area contributed by atoms with Crippen molar-refractivity contribution in [2.24, 2.45) is 17.6 Å². The summed E-state index contributed by atoms with van der Waals surface area (Å²) in [5.74, 6) is 1.60. The fourth-order valence-electron chi connectivity index (χ4n) is 3.13. The van der Waals surface area contributed by atoms with Crippen molar-refractivity contribution in [3.8, 4) is 0 Å². The molecule has 4 unspecified atom stereocenters. The topological polar surface area (TPSA) is 49.5 Å². The Labute approximate surface area is 113 Å². The molecule has 0 spiro atoms. The number of nitrogens with two attached hydrogens (primary N) is 1. The molecule has 4 atom stereocenters. The third-order valence-corrected chi connectivity index (χ3v) is 4.86. The molecule has 0 aliphatic carbocycles. The van der Waals surface area contributed by atoms with Crippen molar-refractivity contribution in [1.82, 2.24) is 4.90 Å². The van der Waals surface area contributed by atoms with Crippen LogP contribution in [0, 0.1) is 11.8 Å². The minimum Gasteiger partial charge on any atom is -0.394 e. The second-order valence-electron chi connectivity index (χ2n) is 6.53. The molecule has 3 heteroatoms. The summed E-state index contributed by atoms with van der Waals surface area (Å²) in [4.78, 5) is 2.60. The van der Waals surface area contributed by atoms with E-state index in [-0.39, 0.29) is 12.1 Å². The van der Waals surface area contributed by atoms with E-state index in [1.54, 1.807) is 0 Å². The van der Waals surface area contributed by atoms with Crippen LogP contribution < -0.4 is 5.73 Å². The first-order valence-electron chi connectivity index (χ1n) is 7.55. The first kappa shape index (κ1) is 15.9. The van der Waals surface area contributed by atoms with E-state index in [0.29, 0.717) is 6.04 Å². The van der Waals surface area contributed by atoms with Gasteiger partial charge in [0.25, 0.3) is 0 Å². The SMILES string of the molecule is CCC(N)(CO)CCCN1CC(C)CC(C)C1C. The third kappa shape index (κ3) is 4.22. The second kappa shape index (κ2) is 6.88. The van der Waals surface area contributed by atoms with Crippen molar-refractivity contribution in [1.29, 1.82) is 0 Å². The van der Waals surface area contributed by atoms with Crippen LogP contribution in [0.3, 0.4) is 0 Å². The van der Waals surface area contributed by atoms with Gasteiger partial charge in [0.1, 0.15) is 0 Å². The summed E-state index contributed by atoms with van der Waals surface area (Å²) >= 11 is 0. The monoisotopic (exact) mass is 256 g/mol. The summed E-state index contributed by atoms with van der Waals surface area (Å²) in [6.07, 6.45) is 4.22. The zero-order valence-corrected chi connectivity index (χ0v) is 12.7. The molecule has 0 radical (unpaired) electrons. The molecule has 0 bridgehead atoms. The van der Waals surface area contributed by atoms with Gasteiger partial charge in [-0.1, -0.05) is 20.8 Å². The molecule has 1 heterocycles. The number of aliphatic hydroxyl groups is 1. The number of hydrogen-bond donors (Lipinski definition) is 2. The zero-order chi connectivity index (χ0) is 13.8. The number of aliphatic hydroxyl groups excluding tert-OH is 1. The molecule has 18 heavy (non-hydrogen) atoms. The molecule has 0 saturated carbocycles. The van der Waals surface area contributed by atoms with Crippen molar-refractivity contribution >= 4 is 0 Å². The molecular formula is C15H32N2O. The average Bonchev–Trinajstić information content (AvgIpc) is 2.34. The van der Waals surface area contributed by atoms with Gasteiger partial charge >= 0.3 is 0 Å². The highest BCUT2D eigenvalue weighted by Crippen LogP contribution is 2.27. The Morgan fingerprint density at radius 1 is 1.33 bits per heavy atom. The number of rotatable bonds is 6. The highest BCUT2D eigenvalue weighted by Gasteiger charge is 2.29. The van der Waals surface area contributed by atoms with E-state index < -0.39 is 0 Å². The summed E-state index contributed by atoms with van der Waals surface area (Å²) in [5, 5.41) is 9.32. The molecule has 1 aliphatic rings. The largest absolute Gasteiger partial charge is 0.394 e. The minimum atomic E-state index is -0.365. The van der Waals surface area contributed by atoms with Gasteiger partial charge in [-0.3, -0.25) is 0 Å². The van der Waals surface area contributed by atoms with Crippen molar-refractivity contribution in [3.63, 3.8) is 0 Å². The van der Waals surface area contributed by atoms with E-state index in [0.717, 1.165) is 37.6 Å². The van der Waals surface area contributed by atoms with Gasteiger partial charge in [-0.2, -0.15) is 0 Å². The summed E-state index contributed by atoms with van der Waals surface area (Å²) in [5.41, 5.74) is 5.77. The highest BCUT2D eigenvalue weighted by atomic mass is 16.3. The van der Waals surface area contributed by atoms with Crippen LogP contribution in [-0.4, -0.2) is 41.3 Å². The molecule has 0 aromatic rings. The summed E-state index contributed by atoms with van der Waals surface area (Å²) in [6.45, 7) is 11.6. The maximum atomic E-state index is 9.32. The lowest BCUT2D eigenvalue weighted by Gasteiger charge is -2.41. The molecule has 1 rings (SSSR count). The van der Waals surface area contributed by atoms with Gasteiger partial charge in [0.15, 0.2) is 0 Å². The van der Waals surface area contributed by atoms with E-state index in [9.17, 15) is 5.11 Å². The molecular weight excluding hydrogens is 224 g/mol. The Morgan fingerprint density at radius 2 is 2.00 bits per heavy atom. The van der Waals surface area contributed by atoms with E-state index >= 15 is 0 Å². The summed E-state index contributed by atoms with van der Waals surface area (Å²) in [6, 6.07) is 0.684. The Kier molecular flexibility index (Phi) is 6.09. The number of hydrogen-bond acceptors (Lipinski definition) is 3. The molecule has 0 amide bonds. The molecule has 1 aliphatic heterocycles. The normalized spacial score (nSPS) is 33.3. The molecule has 1 fully saturated rings. The highest BCUT2D eigenvalue weighted by molar-refractivity contribution is 4.85. The van der Waals surface area contributed by atoms with E-state index in [4.69, 9.17) is 5.73 Å². The third-order valence-electron chi connectivity index (χ3n) is 4.86.